The van der Waals surface area contributed by atoms with Crippen LogP contribution in [-0.2, 0) is 21.1 Å². The molecular weight excluding hydrogens is 502 g/mol. The van der Waals surface area contributed by atoms with Crippen molar-refractivity contribution in [2.24, 2.45) is 22.1 Å². The molecule has 0 spiro atoms. The van der Waals surface area contributed by atoms with Gasteiger partial charge in [-0.15, -0.1) is 23.7 Å². The summed E-state index contributed by atoms with van der Waals surface area (Å²) < 4.78 is 35.6. The lowest BCUT2D eigenvalue weighted by molar-refractivity contribution is -0.155. The summed E-state index contributed by atoms with van der Waals surface area (Å²) in [5.74, 6) is -4.42. The van der Waals surface area contributed by atoms with Gasteiger partial charge in [0.2, 0.25) is 5.91 Å². The zero-order chi connectivity index (χ0) is 25.8. The van der Waals surface area contributed by atoms with Crippen LogP contribution in [0, 0.1) is 23.0 Å². The molecule has 0 fully saturated rings. The highest BCUT2D eigenvalue weighted by molar-refractivity contribution is 7.07. The maximum atomic E-state index is 14.5. The Labute approximate surface area is 213 Å². The van der Waals surface area contributed by atoms with Gasteiger partial charge in [0.05, 0.1) is 0 Å². The smallest absolute Gasteiger partial charge is 0.327 e. The first-order valence-electron chi connectivity index (χ1n) is 10.6. The highest BCUT2D eigenvalue weighted by Crippen LogP contribution is 2.24. The third-order valence-corrected chi connectivity index (χ3v) is 5.87. The molecule has 1 aromatic carbocycles. The van der Waals surface area contributed by atoms with Crippen molar-refractivity contribution < 1.29 is 27.9 Å². The molecular formula is C23H31ClF2N4O4S. The van der Waals surface area contributed by atoms with E-state index in [9.17, 15) is 23.2 Å². The molecule has 194 valence electrons. The molecule has 35 heavy (non-hydrogen) atoms. The van der Waals surface area contributed by atoms with Crippen LogP contribution in [-0.4, -0.2) is 27.9 Å². The molecule has 0 aliphatic heterocycles. The predicted molar refractivity (Wildman–Crippen MR) is 132 cm³/mol. The van der Waals surface area contributed by atoms with E-state index >= 15 is 0 Å². The number of ether oxygens (including phenoxy) is 1. The highest BCUT2D eigenvalue weighted by atomic mass is 35.5. The number of carbonyl (C=O) groups is 3. The van der Waals surface area contributed by atoms with Gasteiger partial charge in [0.1, 0.15) is 11.2 Å². The van der Waals surface area contributed by atoms with Crippen molar-refractivity contribution in [3.63, 3.8) is 0 Å². The summed E-state index contributed by atoms with van der Waals surface area (Å²) in [6, 6.07) is 1.62. The van der Waals surface area contributed by atoms with Crippen molar-refractivity contribution in [2.75, 3.05) is 5.32 Å². The van der Waals surface area contributed by atoms with Crippen molar-refractivity contribution in [3.05, 3.63) is 45.7 Å². The Morgan fingerprint density at radius 2 is 1.74 bits per heavy atom. The molecule has 2 aromatic rings. The second-order valence-corrected chi connectivity index (χ2v) is 10.5. The van der Waals surface area contributed by atoms with E-state index in [1.165, 1.54) is 4.57 Å². The molecule has 0 aliphatic carbocycles. The molecule has 12 heteroatoms. The van der Waals surface area contributed by atoms with Gasteiger partial charge in [0.15, 0.2) is 23.2 Å². The third kappa shape index (κ3) is 8.22. The summed E-state index contributed by atoms with van der Waals surface area (Å²) >= 11 is 1.07. The second kappa shape index (κ2) is 11.9. The van der Waals surface area contributed by atoms with E-state index in [2.05, 4.69) is 10.3 Å². The Bertz CT molecular complexity index is 1130. The number of hydrogen-bond acceptors (Lipinski definition) is 6. The van der Waals surface area contributed by atoms with Crippen LogP contribution < -0.4 is 15.9 Å². The number of benzene rings is 1. The normalized spacial score (nSPS) is 13.7. The number of halogens is 3. The number of rotatable bonds is 7. The largest absolute Gasteiger partial charge is 0.442 e. The first-order valence-corrected chi connectivity index (χ1v) is 11.5. The van der Waals surface area contributed by atoms with Crippen LogP contribution >= 0.6 is 23.7 Å². The molecule has 0 aliphatic rings. The zero-order valence-electron chi connectivity index (χ0n) is 20.5. The molecule has 0 bridgehead atoms. The topological polar surface area (TPSA) is 116 Å². The maximum Gasteiger partial charge on any atom is 0.327 e. The lowest BCUT2D eigenvalue weighted by atomic mass is 9.90. The minimum absolute atomic E-state index is 0. The third-order valence-electron chi connectivity index (χ3n) is 5.08. The fourth-order valence-corrected chi connectivity index (χ4v) is 3.35. The number of esters is 1. The number of nitrogens with zero attached hydrogens (tertiary/aromatic N) is 2. The fourth-order valence-electron chi connectivity index (χ4n) is 2.64. The van der Waals surface area contributed by atoms with Crippen LogP contribution in [0.5, 0.6) is 0 Å². The van der Waals surface area contributed by atoms with Crippen LogP contribution in [0.1, 0.15) is 58.3 Å². The number of thiazole rings is 1. The number of aromatic nitrogens is 1. The Morgan fingerprint density at radius 1 is 1.17 bits per heavy atom. The Hall–Kier alpha value is -2.63. The molecule has 8 nitrogen and oxygen atoms in total. The lowest BCUT2D eigenvalue weighted by Crippen LogP contribution is -2.50. The van der Waals surface area contributed by atoms with E-state index in [4.69, 9.17) is 10.5 Å². The summed E-state index contributed by atoms with van der Waals surface area (Å²) in [6.07, 6.45) is 1.60. The average molecular weight is 533 g/mol. The number of amides is 2. The summed E-state index contributed by atoms with van der Waals surface area (Å²) in [6.45, 7) is 10.4. The maximum absolute atomic E-state index is 14.5. The van der Waals surface area contributed by atoms with Crippen molar-refractivity contribution in [3.8, 4) is 0 Å². The van der Waals surface area contributed by atoms with Gasteiger partial charge in [-0.1, -0.05) is 34.6 Å². The molecule has 3 N–H and O–H groups in total. The van der Waals surface area contributed by atoms with Gasteiger partial charge >= 0.3 is 5.97 Å². The second-order valence-electron chi connectivity index (χ2n) is 9.67. The molecule has 1 heterocycles. The van der Waals surface area contributed by atoms with Crippen LogP contribution in [0.15, 0.2) is 28.7 Å². The number of anilines is 1. The summed E-state index contributed by atoms with van der Waals surface area (Å²) in [5, 5.41) is 3.82. The van der Waals surface area contributed by atoms with E-state index < -0.39 is 40.6 Å². The van der Waals surface area contributed by atoms with Gasteiger partial charge in [0.25, 0.3) is 5.91 Å². The van der Waals surface area contributed by atoms with Gasteiger partial charge < -0.3 is 15.8 Å². The van der Waals surface area contributed by atoms with Gasteiger partial charge in [-0.3, -0.25) is 14.2 Å². The molecule has 0 saturated carbocycles. The first-order chi connectivity index (χ1) is 15.6. The number of nitrogens with one attached hydrogen (secondary N) is 1. The van der Waals surface area contributed by atoms with Crippen molar-refractivity contribution >= 4 is 47.2 Å². The van der Waals surface area contributed by atoms with E-state index in [-0.39, 0.29) is 47.3 Å². The van der Waals surface area contributed by atoms with Crippen LogP contribution in [0.25, 0.3) is 0 Å². The van der Waals surface area contributed by atoms with Gasteiger partial charge in [-0.25, -0.2) is 13.6 Å². The predicted octanol–water partition coefficient (Wildman–Crippen LogP) is 4.24. The number of carbonyl (C=O) groups excluding carboxylic acids is 3. The monoisotopic (exact) mass is 532 g/mol. The van der Waals surface area contributed by atoms with E-state index in [1.54, 1.807) is 32.3 Å². The quantitative estimate of drug-likeness (QED) is 0.517. The van der Waals surface area contributed by atoms with Crippen molar-refractivity contribution in [1.29, 1.82) is 0 Å². The van der Waals surface area contributed by atoms with Crippen molar-refractivity contribution in [2.45, 2.75) is 60.2 Å². The molecule has 2 amide bonds. The Kier molecular flexibility index (Phi) is 10.3. The Morgan fingerprint density at radius 3 is 2.26 bits per heavy atom. The molecule has 1 aromatic heterocycles. The standard InChI is InChI=1S/C23H30F2N4O4S.ClH/c1-13(2)23(6,26)20(32)33-12-29-7-8-34-21(29)28-19(31)14-9-15(24)18(16(25)10-14)27-17(30)11-22(3,4)5;/h7-10,13H,11-12,26H2,1-6H3,(H,27,30);1H/b28-21-;/t23-;/m1./s1. The fraction of sp³-hybridized carbons (Fsp3) is 0.478. The molecule has 2 rings (SSSR count). The average Bonchev–Trinajstić information content (AvgIpc) is 3.13. The number of nitrogens with two attached hydrogens (primary N) is 1. The van der Waals surface area contributed by atoms with Gasteiger partial charge in [0, 0.05) is 23.6 Å². The summed E-state index contributed by atoms with van der Waals surface area (Å²) in [5.41, 5.74) is 3.46. The van der Waals surface area contributed by atoms with Crippen LogP contribution in [0.3, 0.4) is 0 Å². The number of hydrogen-bond donors (Lipinski definition) is 2. The van der Waals surface area contributed by atoms with E-state index in [0.29, 0.717) is 0 Å². The van der Waals surface area contributed by atoms with Crippen LogP contribution in [0.4, 0.5) is 14.5 Å². The van der Waals surface area contributed by atoms with Crippen LogP contribution in [0.2, 0.25) is 0 Å². The highest BCUT2D eigenvalue weighted by Gasteiger charge is 2.33. The summed E-state index contributed by atoms with van der Waals surface area (Å²) in [7, 11) is 0. The molecule has 0 radical (unpaired) electrons. The summed E-state index contributed by atoms with van der Waals surface area (Å²) in [4.78, 5) is 40.9. The van der Waals surface area contributed by atoms with Crippen molar-refractivity contribution in [1.82, 2.24) is 4.57 Å². The van der Waals surface area contributed by atoms with Gasteiger partial charge in [-0.2, -0.15) is 4.99 Å². The zero-order valence-corrected chi connectivity index (χ0v) is 22.1. The Balaban J connectivity index is 0.00000612. The molecule has 0 unspecified atom stereocenters. The minimum atomic E-state index is -1.19. The molecule has 1 atom stereocenters. The molecule has 0 saturated heterocycles. The van der Waals surface area contributed by atoms with E-state index in [0.717, 1.165) is 23.5 Å². The lowest BCUT2D eigenvalue weighted by Gasteiger charge is -2.26. The SMILES string of the molecule is CC(C)[C@@](C)(N)C(=O)OCn1ccs/c1=N\C(=O)c1cc(F)c(NC(=O)CC(C)(C)C)c(F)c1.Cl. The van der Waals surface area contributed by atoms with Gasteiger partial charge in [-0.05, 0) is 30.4 Å². The first kappa shape index (κ1) is 30.4. The minimum Gasteiger partial charge on any atom is -0.442 e. The van der Waals surface area contributed by atoms with E-state index in [1.807, 2.05) is 20.8 Å².